The number of urea groups is 1. The van der Waals surface area contributed by atoms with Crippen LogP contribution in [0.1, 0.15) is 29.8 Å². The molecule has 0 spiro atoms. The molecule has 0 unspecified atom stereocenters. The Morgan fingerprint density at radius 2 is 1.85 bits per heavy atom. The molecule has 0 saturated carbocycles. The molecular weight excluding hydrogens is 448 g/mol. The van der Waals surface area contributed by atoms with Gasteiger partial charge in [0.25, 0.3) is 0 Å². The molecule has 1 saturated heterocycles. The van der Waals surface area contributed by atoms with Crippen molar-refractivity contribution in [3.8, 4) is 33.8 Å². The molecule has 0 radical (unpaired) electrons. The smallest absolute Gasteiger partial charge is 0.323 e. The van der Waals surface area contributed by atoms with Crippen molar-refractivity contribution in [3.05, 3.63) is 53.3 Å². The quantitative estimate of drug-likeness (QED) is 0.576. The van der Waals surface area contributed by atoms with Crippen molar-refractivity contribution in [1.29, 1.82) is 10.5 Å². The second-order valence-electron chi connectivity index (χ2n) is 8.50. The van der Waals surface area contributed by atoms with Crippen molar-refractivity contribution < 1.29 is 9.90 Å². The summed E-state index contributed by atoms with van der Waals surface area (Å²) in [6.07, 6.45) is 0.858. The third-order valence-electron chi connectivity index (χ3n) is 6.00. The fourth-order valence-corrected chi connectivity index (χ4v) is 5.04. The summed E-state index contributed by atoms with van der Waals surface area (Å²) in [6.45, 7) is 4.43. The first-order chi connectivity index (χ1) is 16.4. The predicted molar refractivity (Wildman–Crippen MR) is 130 cm³/mol. The minimum atomic E-state index is -0.777. The maximum Gasteiger partial charge on any atom is 0.323 e. The molecule has 0 atom stereocenters. The average Bonchev–Trinajstić information content (AvgIpc) is 3.27. The number of piperidine rings is 1. The van der Waals surface area contributed by atoms with Crippen LogP contribution in [-0.4, -0.2) is 45.7 Å². The number of likely N-dealkylation sites (tertiary alicyclic amines) is 1. The van der Waals surface area contributed by atoms with Crippen LogP contribution in [0.4, 0.5) is 9.93 Å². The number of aryl methyl sites for hydroxylation is 2. The van der Waals surface area contributed by atoms with E-state index < -0.39 is 5.41 Å². The topological polar surface area (TPSA) is 126 Å². The summed E-state index contributed by atoms with van der Waals surface area (Å²) in [5.41, 5.74) is 3.93. The molecule has 8 nitrogen and oxygen atoms in total. The Morgan fingerprint density at radius 1 is 1.15 bits per heavy atom. The number of rotatable bonds is 4. The summed E-state index contributed by atoms with van der Waals surface area (Å²) in [7, 11) is 0. The van der Waals surface area contributed by atoms with Gasteiger partial charge in [0, 0.05) is 30.0 Å². The van der Waals surface area contributed by atoms with Gasteiger partial charge in [0.1, 0.15) is 0 Å². The van der Waals surface area contributed by atoms with Crippen molar-refractivity contribution in [2.24, 2.45) is 5.41 Å². The Bertz CT molecular complexity index is 1290. The van der Waals surface area contributed by atoms with Crippen LogP contribution in [0.15, 0.2) is 36.4 Å². The number of carbonyl (C=O) groups excluding carboxylic acids is 1. The number of hydrogen-bond acceptors (Lipinski definition) is 7. The van der Waals surface area contributed by atoms with Crippen LogP contribution in [0.2, 0.25) is 0 Å². The number of nitrogens with zero attached hydrogens (tertiary/aromatic N) is 5. The van der Waals surface area contributed by atoms with Crippen molar-refractivity contribution in [3.63, 3.8) is 0 Å². The highest BCUT2D eigenvalue weighted by Crippen LogP contribution is 2.40. The summed E-state index contributed by atoms with van der Waals surface area (Å²) in [6, 6.07) is 15.3. The largest absolute Gasteiger partial charge is 0.395 e. The van der Waals surface area contributed by atoms with E-state index in [9.17, 15) is 20.4 Å². The first kappa shape index (κ1) is 23.4. The summed E-state index contributed by atoms with van der Waals surface area (Å²) in [5, 5.41) is 31.6. The number of thiazole rings is 1. The van der Waals surface area contributed by atoms with E-state index in [4.69, 9.17) is 4.98 Å². The van der Waals surface area contributed by atoms with Crippen molar-refractivity contribution in [1.82, 2.24) is 14.9 Å². The molecule has 3 heterocycles. The zero-order valence-corrected chi connectivity index (χ0v) is 19.8. The molecule has 2 N–H and O–H groups in total. The number of benzene rings is 1. The molecule has 4 rings (SSSR count). The molecule has 9 heteroatoms. The Kier molecular flexibility index (Phi) is 6.60. The number of pyridine rings is 1. The highest BCUT2D eigenvalue weighted by Gasteiger charge is 2.35. The van der Waals surface area contributed by atoms with Crippen molar-refractivity contribution in [2.45, 2.75) is 26.7 Å². The van der Waals surface area contributed by atoms with E-state index in [0.29, 0.717) is 42.3 Å². The number of nitriles is 2. The second-order valence-corrected chi connectivity index (χ2v) is 9.49. The maximum atomic E-state index is 12.9. The minimum absolute atomic E-state index is 0.204. The SMILES string of the molecule is Cc1cc(-c2sc(NC(=O)N3CCC(C#N)(CO)CC3)nc2-c2cccc(C#N)c2)cc(C)n1. The molecule has 1 aliphatic heterocycles. The third-order valence-corrected chi connectivity index (χ3v) is 7.02. The molecule has 0 aliphatic carbocycles. The number of hydrogen-bond donors (Lipinski definition) is 2. The predicted octanol–water partition coefficient (Wildman–Crippen LogP) is 4.49. The van der Waals surface area contributed by atoms with E-state index in [1.165, 1.54) is 11.3 Å². The summed E-state index contributed by atoms with van der Waals surface area (Å²) in [5.74, 6) is 0. The highest BCUT2D eigenvalue weighted by atomic mass is 32.1. The first-order valence-corrected chi connectivity index (χ1v) is 11.7. The Labute approximate surface area is 202 Å². The van der Waals surface area contributed by atoms with Gasteiger partial charge in [-0.25, -0.2) is 9.78 Å². The number of carbonyl (C=O) groups is 1. The molecule has 172 valence electrons. The monoisotopic (exact) mass is 472 g/mol. The minimum Gasteiger partial charge on any atom is -0.395 e. The number of amides is 2. The number of aliphatic hydroxyl groups is 1. The molecule has 1 fully saturated rings. The fraction of sp³-hybridized carbons (Fsp3) is 0.320. The molecule has 0 bridgehead atoms. The lowest BCUT2D eigenvalue weighted by atomic mass is 9.81. The Hall–Kier alpha value is -3.79. The Balaban J connectivity index is 1.65. The van der Waals surface area contributed by atoms with Gasteiger partial charge in [0.05, 0.1) is 40.3 Å². The molecule has 34 heavy (non-hydrogen) atoms. The molecular formula is C25H24N6O2S. The van der Waals surface area contributed by atoms with Gasteiger partial charge in [-0.3, -0.25) is 10.3 Å². The fourth-order valence-electron chi connectivity index (χ4n) is 4.08. The Morgan fingerprint density at radius 3 is 2.47 bits per heavy atom. The molecule has 2 aromatic heterocycles. The van der Waals surface area contributed by atoms with E-state index >= 15 is 0 Å². The number of aliphatic hydroxyl groups excluding tert-OH is 1. The van der Waals surface area contributed by atoms with Crippen molar-refractivity contribution in [2.75, 3.05) is 25.0 Å². The molecule has 1 aliphatic rings. The average molecular weight is 473 g/mol. The van der Waals surface area contributed by atoms with Crippen LogP contribution in [0.25, 0.3) is 21.7 Å². The highest BCUT2D eigenvalue weighted by molar-refractivity contribution is 7.19. The summed E-state index contributed by atoms with van der Waals surface area (Å²) < 4.78 is 0. The summed E-state index contributed by atoms with van der Waals surface area (Å²) in [4.78, 5) is 24.6. The van der Waals surface area contributed by atoms with Crippen LogP contribution in [0.5, 0.6) is 0 Å². The van der Waals surface area contributed by atoms with Gasteiger partial charge in [-0.05, 0) is 56.5 Å². The van der Waals surface area contributed by atoms with Gasteiger partial charge < -0.3 is 10.0 Å². The van der Waals surface area contributed by atoms with Crippen LogP contribution < -0.4 is 5.32 Å². The number of anilines is 1. The zero-order chi connectivity index (χ0) is 24.3. The third kappa shape index (κ3) is 4.76. The van der Waals surface area contributed by atoms with Crippen LogP contribution >= 0.6 is 11.3 Å². The lowest BCUT2D eigenvalue weighted by Crippen LogP contribution is -2.45. The lowest BCUT2D eigenvalue weighted by Gasteiger charge is -2.35. The number of nitrogens with one attached hydrogen (secondary N) is 1. The zero-order valence-electron chi connectivity index (χ0n) is 19.0. The molecule has 2 amide bonds. The van der Waals surface area contributed by atoms with Gasteiger partial charge in [0.15, 0.2) is 5.13 Å². The maximum absolute atomic E-state index is 12.9. The number of aromatic nitrogens is 2. The lowest BCUT2D eigenvalue weighted by molar-refractivity contribution is 0.100. The standard InChI is InChI=1S/C25H24N6O2S/c1-16-10-20(11-17(2)28-16)22-21(19-5-3-4-18(12-19)13-26)29-23(34-22)30-24(33)31-8-6-25(14-27,15-32)7-9-31/h3-5,10-12,32H,6-9,15H2,1-2H3,(H,29,30,33). The van der Waals surface area contributed by atoms with Crippen LogP contribution in [-0.2, 0) is 0 Å². The summed E-state index contributed by atoms with van der Waals surface area (Å²) >= 11 is 1.37. The van der Waals surface area contributed by atoms with Gasteiger partial charge >= 0.3 is 6.03 Å². The van der Waals surface area contributed by atoms with E-state index in [0.717, 1.165) is 27.4 Å². The van der Waals surface area contributed by atoms with Gasteiger partial charge in [-0.1, -0.05) is 23.5 Å². The van der Waals surface area contributed by atoms with E-state index in [2.05, 4.69) is 22.4 Å². The normalized spacial score (nSPS) is 14.8. The molecule has 1 aromatic carbocycles. The van der Waals surface area contributed by atoms with Gasteiger partial charge in [0.2, 0.25) is 0 Å². The van der Waals surface area contributed by atoms with Gasteiger partial charge in [-0.15, -0.1) is 0 Å². The van der Waals surface area contributed by atoms with Crippen LogP contribution in [0, 0.1) is 41.9 Å². The van der Waals surface area contributed by atoms with Crippen molar-refractivity contribution >= 4 is 22.5 Å². The van der Waals surface area contributed by atoms with E-state index in [-0.39, 0.29) is 12.6 Å². The molecule has 3 aromatic rings. The van der Waals surface area contributed by atoms with Crippen LogP contribution in [0.3, 0.4) is 0 Å². The van der Waals surface area contributed by atoms with E-state index in [1.807, 2.05) is 38.1 Å². The first-order valence-electron chi connectivity index (χ1n) is 10.9. The second kappa shape index (κ2) is 9.60. The van der Waals surface area contributed by atoms with Gasteiger partial charge in [-0.2, -0.15) is 10.5 Å². The van der Waals surface area contributed by atoms with E-state index in [1.54, 1.807) is 17.0 Å².